The highest BCUT2D eigenvalue weighted by Crippen LogP contribution is 2.14. The molecule has 2 rings (SSSR count). The Balaban J connectivity index is 1.87. The first kappa shape index (κ1) is 13.0. The number of rotatable bonds is 4. The molecule has 0 aliphatic rings. The average molecular weight is 282 g/mol. The molecular formula is C12H12ClN3OS. The Morgan fingerprint density at radius 2 is 2.17 bits per heavy atom. The fraction of sp³-hybridized carbons (Fsp3) is 0.250. The van der Waals surface area contributed by atoms with E-state index in [1.165, 1.54) is 11.3 Å². The molecule has 0 spiro atoms. The molecule has 0 saturated carbocycles. The molecule has 0 unspecified atom stereocenters. The monoisotopic (exact) mass is 281 g/mol. The van der Waals surface area contributed by atoms with Crippen molar-refractivity contribution in [2.24, 2.45) is 0 Å². The maximum Gasteiger partial charge on any atom is 0.252 e. The van der Waals surface area contributed by atoms with Crippen LogP contribution >= 0.6 is 22.9 Å². The Morgan fingerprint density at radius 1 is 1.39 bits per heavy atom. The first-order valence-corrected chi connectivity index (χ1v) is 6.68. The summed E-state index contributed by atoms with van der Waals surface area (Å²) in [6, 6.07) is 6.98. The standard InChI is InChI=1S/C12H12ClN3OS/c1-8-15-16-11(18-8)6-7-14-12(17)9-4-2-3-5-10(9)13/h2-5H,6-7H2,1H3,(H,14,17). The van der Waals surface area contributed by atoms with E-state index in [4.69, 9.17) is 11.6 Å². The molecule has 0 saturated heterocycles. The molecule has 1 heterocycles. The van der Waals surface area contributed by atoms with Crippen molar-refractivity contribution in [1.29, 1.82) is 0 Å². The van der Waals surface area contributed by atoms with Crippen molar-refractivity contribution in [3.63, 3.8) is 0 Å². The van der Waals surface area contributed by atoms with E-state index in [0.29, 0.717) is 23.6 Å². The predicted molar refractivity (Wildman–Crippen MR) is 72.1 cm³/mol. The molecule has 0 atom stereocenters. The van der Waals surface area contributed by atoms with E-state index in [9.17, 15) is 4.79 Å². The minimum absolute atomic E-state index is 0.165. The quantitative estimate of drug-likeness (QED) is 0.937. The summed E-state index contributed by atoms with van der Waals surface area (Å²) in [6.07, 6.45) is 0.682. The molecule has 6 heteroatoms. The third kappa shape index (κ3) is 3.27. The number of aryl methyl sites for hydroxylation is 1. The smallest absolute Gasteiger partial charge is 0.252 e. The van der Waals surface area contributed by atoms with Gasteiger partial charge in [-0.1, -0.05) is 23.7 Å². The van der Waals surface area contributed by atoms with Crippen LogP contribution in [0.5, 0.6) is 0 Å². The SMILES string of the molecule is Cc1nnc(CCNC(=O)c2ccccc2Cl)s1. The van der Waals surface area contributed by atoms with Crippen LogP contribution in [0, 0.1) is 6.92 Å². The Hall–Kier alpha value is -1.46. The molecule has 4 nitrogen and oxygen atoms in total. The molecule has 0 bridgehead atoms. The topological polar surface area (TPSA) is 54.9 Å². The van der Waals surface area contributed by atoms with Crippen LogP contribution in [-0.4, -0.2) is 22.6 Å². The molecule has 1 amide bonds. The third-order valence-corrected chi connectivity index (χ3v) is 3.54. The van der Waals surface area contributed by atoms with Gasteiger partial charge in [0.1, 0.15) is 10.0 Å². The lowest BCUT2D eigenvalue weighted by Crippen LogP contribution is -2.25. The second-order valence-corrected chi connectivity index (χ2v) is 5.37. The van der Waals surface area contributed by atoms with Gasteiger partial charge in [0.25, 0.3) is 5.91 Å². The Labute approximate surface area is 114 Å². The van der Waals surface area contributed by atoms with Gasteiger partial charge in [-0.25, -0.2) is 0 Å². The third-order valence-electron chi connectivity index (χ3n) is 2.31. The summed E-state index contributed by atoms with van der Waals surface area (Å²) in [5.74, 6) is -0.165. The highest BCUT2D eigenvalue weighted by atomic mass is 35.5. The number of carbonyl (C=O) groups is 1. The van der Waals surface area contributed by atoms with Crippen molar-refractivity contribution in [3.8, 4) is 0 Å². The number of carbonyl (C=O) groups excluding carboxylic acids is 1. The van der Waals surface area contributed by atoms with Crippen molar-refractivity contribution in [2.75, 3.05) is 6.54 Å². The maximum absolute atomic E-state index is 11.8. The molecule has 0 radical (unpaired) electrons. The van der Waals surface area contributed by atoms with Gasteiger partial charge < -0.3 is 5.32 Å². The summed E-state index contributed by atoms with van der Waals surface area (Å²) in [4.78, 5) is 11.8. The number of amides is 1. The van der Waals surface area contributed by atoms with Crippen LogP contribution in [0.25, 0.3) is 0 Å². The summed E-state index contributed by atoms with van der Waals surface area (Å²) in [6.45, 7) is 2.43. The summed E-state index contributed by atoms with van der Waals surface area (Å²) in [7, 11) is 0. The Morgan fingerprint density at radius 3 is 2.83 bits per heavy atom. The zero-order valence-corrected chi connectivity index (χ0v) is 11.4. The van der Waals surface area contributed by atoms with Crippen LogP contribution in [0.4, 0.5) is 0 Å². The summed E-state index contributed by atoms with van der Waals surface area (Å²) < 4.78 is 0. The number of aromatic nitrogens is 2. The van der Waals surface area contributed by atoms with Gasteiger partial charge >= 0.3 is 0 Å². The van der Waals surface area contributed by atoms with E-state index in [1.807, 2.05) is 6.92 Å². The van der Waals surface area contributed by atoms with Gasteiger partial charge in [0.05, 0.1) is 10.6 Å². The Bertz CT molecular complexity index is 556. The van der Waals surface area contributed by atoms with Crippen LogP contribution in [0.2, 0.25) is 5.02 Å². The first-order chi connectivity index (χ1) is 8.66. The van der Waals surface area contributed by atoms with Crippen molar-refractivity contribution in [2.45, 2.75) is 13.3 Å². The van der Waals surface area contributed by atoms with Crippen LogP contribution < -0.4 is 5.32 Å². The highest BCUT2D eigenvalue weighted by molar-refractivity contribution is 7.11. The molecular weight excluding hydrogens is 270 g/mol. The van der Waals surface area contributed by atoms with Crippen molar-refractivity contribution in [1.82, 2.24) is 15.5 Å². The largest absolute Gasteiger partial charge is 0.352 e. The summed E-state index contributed by atoms with van der Waals surface area (Å²) in [5.41, 5.74) is 0.493. The molecule has 1 aromatic heterocycles. The maximum atomic E-state index is 11.8. The second-order valence-electron chi connectivity index (χ2n) is 3.70. The van der Waals surface area contributed by atoms with Crippen molar-refractivity contribution >= 4 is 28.8 Å². The van der Waals surface area contributed by atoms with Crippen LogP contribution in [0.1, 0.15) is 20.4 Å². The van der Waals surface area contributed by atoms with Crippen LogP contribution in [-0.2, 0) is 6.42 Å². The molecule has 0 aliphatic heterocycles. The zero-order valence-electron chi connectivity index (χ0n) is 9.81. The van der Waals surface area contributed by atoms with E-state index < -0.39 is 0 Å². The van der Waals surface area contributed by atoms with Gasteiger partial charge in [-0.05, 0) is 19.1 Å². The number of halogens is 1. The number of nitrogens with zero attached hydrogens (tertiary/aromatic N) is 2. The van der Waals surface area contributed by atoms with Gasteiger partial charge in [0.15, 0.2) is 0 Å². The molecule has 18 heavy (non-hydrogen) atoms. The molecule has 0 aliphatic carbocycles. The highest BCUT2D eigenvalue weighted by Gasteiger charge is 2.09. The lowest BCUT2D eigenvalue weighted by molar-refractivity contribution is 0.0954. The zero-order chi connectivity index (χ0) is 13.0. The van der Waals surface area contributed by atoms with Crippen LogP contribution in [0.3, 0.4) is 0 Å². The number of hydrogen-bond acceptors (Lipinski definition) is 4. The lowest BCUT2D eigenvalue weighted by Gasteiger charge is -2.05. The van der Waals surface area contributed by atoms with Gasteiger partial charge in [-0.3, -0.25) is 4.79 Å². The van der Waals surface area contributed by atoms with E-state index >= 15 is 0 Å². The van der Waals surface area contributed by atoms with Gasteiger partial charge in [-0.15, -0.1) is 21.5 Å². The second kappa shape index (κ2) is 5.93. The predicted octanol–water partition coefficient (Wildman–Crippen LogP) is 2.47. The Kier molecular flexibility index (Phi) is 4.28. The number of nitrogens with one attached hydrogen (secondary N) is 1. The van der Waals surface area contributed by atoms with Gasteiger partial charge in [-0.2, -0.15) is 0 Å². The van der Waals surface area contributed by atoms with Crippen molar-refractivity contribution in [3.05, 3.63) is 44.9 Å². The minimum atomic E-state index is -0.165. The van der Waals surface area contributed by atoms with Gasteiger partial charge in [0.2, 0.25) is 0 Å². The van der Waals surface area contributed by atoms with E-state index in [-0.39, 0.29) is 5.91 Å². The molecule has 2 aromatic rings. The average Bonchev–Trinajstić information content (AvgIpc) is 2.75. The normalized spacial score (nSPS) is 10.3. The van der Waals surface area contributed by atoms with Crippen LogP contribution in [0.15, 0.2) is 24.3 Å². The lowest BCUT2D eigenvalue weighted by atomic mass is 10.2. The first-order valence-electron chi connectivity index (χ1n) is 5.48. The van der Waals surface area contributed by atoms with Crippen molar-refractivity contribution < 1.29 is 4.79 Å². The fourth-order valence-electron chi connectivity index (χ4n) is 1.46. The molecule has 1 aromatic carbocycles. The number of hydrogen-bond donors (Lipinski definition) is 1. The molecule has 0 fully saturated rings. The summed E-state index contributed by atoms with van der Waals surface area (Å²) in [5, 5.41) is 13.0. The minimum Gasteiger partial charge on any atom is -0.352 e. The molecule has 94 valence electrons. The van der Waals surface area contributed by atoms with Gasteiger partial charge in [0, 0.05) is 13.0 Å². The van der Waals surface area contributed by atoms with E-state index in [1.54, 1.807) is 24.3 Å². The summed E-state index contributed by atoms with van der Waals surface area (Å²) >= 11 is 7.48. The fourth-order valence-corrected chi connectivity index (χ4v) is 2.39. The molecule has 1 N–H and O–H groups in total. The van der Waals surface area contributed by atoms with E-state index in [0.717, 1.165) is 10.0 Å². The number of benzene rings is 1. The van der Waals surface area contributed by atoms with E-state index in [2.05, 4.69) is 15.5 Å².